The number of alkyl halides is 3. The first-order valence-corrected chi connectivity index (χ1v) is 9.60. The molecule has 0 saturated carbocycles. The summed E-state index contributed by atoms with van der Waals surface area (Å²) in [6, 6.07) is 6.68. The van der Waals surface area contributed by atoms with Crippen molar-refractivity contribution in [1.82, 2.24) is 10.1 Å². The Labute approximate surface area is 175 Å². The standard InChI is InChI=1S/C20H19F3N4O4/c21-20(22,23)13-3-4-15(27-7-10-29-11-8-27)14(12-13)24-17(28)5-6-18-25-19(26-31-18)16-2-1-9-30-16/h1-4,9,12H,5-8,10-11H2,(H,24,28). The van der Waals surface area contributed by atoms with Crippen molar-refractivity contribution in [3.8, 4) is 11.6 Å². The van der Waals surface area contributed by atoms with E-state index in [1.807, 2.05) is 4.90 Å². The van der Waals surface area contributed by atoms with Crippen molar-refractivity contribution in [1.29, 1.82) is 0 Å². The van der Waals surface area contributed by atoms with Crippen LogP contribution in [0.1, 0.15) is 17.9 Å². The van der Waals surface area contributed by atoms with E-state index in [9.17, 15) is 18.0 Å². The molecule has 2 aromatic heterocycles. The fraction of sp³-hybridized carbons (Fsp3) is 0.350. The van der Waals surface area contributed by atoms with Gasteiger partial charge in [0.1, 0.15) is 0 Å². The number of aromatic nitrogens is 2. The lowest BCUT2D eigenvalue weighted by atomic mass is 10.1. The van der Waals surface area contributed by atoms with Gasteiger partial charge in [0.2, 0.25) is 17.6 Å². The smallest absolute Gasteiger partial charge is 0.416 e. The normalized spacial score (nSPS) is 14.6. The predicted molar refractivity (Wildman–Crippen MR) is 103 cm³/mol. The number of aryl methyl sites for hydroxylation is 1. The second-order valence-corrected chi connectivity index (χ2v) is 6.87. The average molecular weight is 436 g/mol. The van der Waals surface area contributed by atoms with Crippen LogP contribution in [0.15, 0.2) is 45.5 Å². The molecule has 1 aliphatic heterocycles. The van der Waals surface area contributed by atoms with Crippen molar-refractivity contribution in [2.75, 3.05) is 36.5 Å². The first-order valence-electron chi connectivity index (χ1n) is 9.60. The molecule has 1 aliphatic rings. The van der Waals surface area contributed by atoms with E-state index >= 15 is 0 Å². The van der Waals surface area contributed by atoms with Gasteiger partial charge in [-0.3, -0.25) is 4.79 Å². The monoisotopic (exact) mass is 436 g/mol. The lowest BCUT2D eigenvalue weighted by Gasteiger charge is -2.31. The maximum atomic E-state index is 13.2. The summed E-state index contributed by atoms with van der Waals surface area (Å²) in [6.45, 7) is 1.96. The van der Waals surface area contributed by atoms with E-state index in [1.54, 1.807) is 12.1 Å². The van der Waals surface area contributed by atoms with Crippen molar-refractivity contribution in [2.45, 2.75) is 19.0 Å². The van der Waals surface area contributed by atoms with Gasteiger partial charge in [-0.15, -0.1) is 0 Å². The van der Waals surface area contributed by atoms with Gasteiger partial charge in [-0.2, -0.15) is 18.2 Å². The number of rotatable bonds is 6. The summed E-state index contributed by atoms with van der Waals surface area (Å²) in [5.41, 5.74) is -0.217. The van der Waals surface area contributed by atoms with Crippen molar-refractivity contribution in [2.24, 2.45) is 0 Å². The van der Waals surface area contributed by atoms with Gasteiger partial charge in [0.05, 0.1) is 36.4 Å². The lowest BCUT2D eigenvalue weighted by Crippen LogP contribution is -2.36. The van der Waals surface area contributed by atoms with Crippen molar-refractivity contribution in [3.05, 3.63) is 48.0 Å². The van der Waals surface area contributed by atoms with Gasteiger partial charge in [-0.05, 0) is 30.3 Å². The number of amides is 1. The third kappa shape index (κ3) is 5.05. The molecule has 0 bridgehead atoms. The third-order valence-electron chi connectivity index (χ3n) is 4.73. The summed E-state index contributed by atoms with van der Waals surface area (Å²) < 4.78 is 55.1. The van der Waals surface area contributed by atoms with Crippen LogP contribution in [-0.2, 0) is 22.1 Å². The SMILES string of the molecule is O=C(CCc1nc(-c2ccco2)no1)Nc1cc(C(F)(F)F)ccc1N1CCOCC1. The molecule has 0 radical (unpaired) electrons. The molecule has 0 unspecified atom stereocenters. The number of ether oxygens (including phenoxy) is 1. The van der Waals surface area contributed by atoms with E-state index in [0.717, 1.165) is 12.1 Å². The molecule has 8 nitrogen and oxygen atoms in total. The molecule has 3 heterocycles. The molecule has 31 heavy (non-hydrogen) atoms. The van der Waals surface area contributed by atoms with Crippen molar-refractivity contribution >= 4 is 17.3 Å². The van der Waals surface area contributed by atoms with Crippen LogP contribution in [-0.4, -0.2) is 42.4 Å². The highest BCUT2D eigenvalue weighted by Gasteiger charge is 2.32. The summed E-state index contributed by atoms with van der Waals surface area (Å²) in [4.78, 5) is 18.5. The number of furan rings is 1. The zero-order valence-corrected chi connectivity index (χ0v) is 16.3. The Morgan fingerprint density at radius 1 is 1.19 bits per heavy atom. The van der Waals surface area contributed by atoms with Gasteiger partial charge < -0.3 is 23.9 Å². The summed E-state index contributed by atoms with van der Waals surface area (Å²) in [6.07, 6.45) is -2.96. The van der Waals surface area contributed by atoms with Crippen LogP contribution < -0.4 is 10.2 Å². The van der Waals surface area contributed by atoms with Crippen LogP contribution in [0.5, 0.6) is 0 Å². The highest BCUT2D eigenvalue weighted by Crippen LogP contribution is 2.36. The molecule has 0 spiro atoms. The number of morpholine rings is 1. The molecule has 1 N–H and O–H groups in total. The number of nitrogens with one attached hydrogen (secondary N) is 1. The van der Waals surface area contributed by atoms with Crippen molar-refractivity contribution < 1.29 is 31.6 Å². The van der Waals surface area contributed by atoms with Crippen LogP contribution in [0.2, 0.25) is 0 Å². The van der Waals surface area contributed by atoms with E-state index < -0.39 is 17.6 Å². The van der Waals surface area contributed by atoms with Crippen LogP contribution in [0, 0.1) is 0 Å². The minimum Gasteiger partial charge on any atom is -0.461 e. The van der Waals surface area contributed by atoms with Crippen LogP contribution >= 0.6 is 0 Å². The maximum Gasteiger partial charge on any atom is 0.416 e. The van der Waals surface area contributed by atoms with Gasteiger partial charge in [-0.1, -0.05) is 5.16 Å². The Kier molecular flexibility index (Phi) is 5.94. The topological polar surface area (TPSA) is 93.6 Å². The molecule has 1 aromatic carbocycles. The number of carbonyl (C=O) groups excluding carboxylic acids is 1. The number of hydrogen-bond acceptors (Lipinski definition) is 7. The van der Waals surface area contributed by atoms with E-state index in [0.29, 0.717) is 37.8 Å². The zero-order valence-electron chi connectivity index (χ0n) is 16.3. The minimum atomic E-state index is -4.52. The van der Waals surface area contributed by atoms with Gasteiger partial charge in [0.25, 0.3) is 0 Å². The third-order valence-corrected chi connectivity index (χ3v) is 4.73. The van der Waals surface area contributed by atoms with E-state index in [1.165, 1.54) is 12.3 Å². The fourth-order valence-electron chi connectivity index (χ4n) is 3.19. The molecule has 11 heteroatoms. The lowest BCUT2D eigenvalue weighted by molar-refractivity contribution is -0.137. The minimum absolute atomic E-state index is 0.0431. The summed E-state index contributed by atoms with van der Waals surface area (Å²) in [7, 11) is 0. The van der Waals surface area contributed by atoms with Crippen LogP contribution in [0.3, 0.4) is 0 Å². The largest absolute Gasteiger partial charge is 0.461 e. The van der Waals surface area contributed by atoms with Crippen LogP contribution in [0.4, 0.5) is 24.5 Å². The van der Waals surface area contributed by atoms with Gasteiger partial charge >= 0.3 is 6.18 Å². The Hall–Kier alpha value is -3.34. The molecule has 4 rings (SSSR count). The van der Waals surface area contributed by atoms with Crippen molar-refractivity contribution in [3.63, 3.8) is 0 Å². The number of benzene rings is 1. The average Bonchev–Trinajstić information content (AvgIpc) is 3.44. The Bertz CT molecular complexity index is 1030. The van der Waals surface area contributed by atoms with Gasteiger partial charge in [0, 0.05) is 25.9 Å². The van der Waals surface area contributed by atoms with Gasteiger partial charge in [0.15, 0.2) is 5.76 Å². The number of nitrogens with zero attached hydrogens (tertiary/aromatic N) is 3. The molecular weight excluding hydrogens is 417 g/mol. The molecule has 1 saturated heterocycles. The van der Waals surface area contributed by atoms with E-state index in [4.69, 9.17) is 13.7 Å². The Morgan fingerprint density at radius 2 is 2.00 bits per heavy atom. The van der Waals surface area contributed by atoms with Crippen LogP contribution in [0.25, 0.3) is 11.6 Å². The van der Waals surface area contributed by atoms with E-state index in [2.05, 4.69) is 15.5 Å². The quantitative estimate of drug-likeness (QED) is 0.629. The first kappa shape index (κ1) is 20.9. The summed E-state index contributed by atoms with van der Waals surface area (Å²) in [5.74, 6) is 0.442. The molecular formula is C20H19F3N4O4. The summed E-state index contributed by atoms with van der Waals surface area (Å²) in [5, 5.41) is 6.37. The molecule has 1 fully saturated rings. The second-order valence-electron chi connectivity index (χ2n) is 6.87. The van der Waals surface area contributed by atoms with E-state index in [-0.39, 0.29) is 30.2 Å². The zero-order chi connectivity index (χ0) is 21.8. The van der Waals surface area contributed by atoms with Gasteiger partial charge in [-0.25, -0.2) is 0 Å². The summed E-state index contributed by atoms with van der Waals surface area (Å²) >= 11 is 0. The molecule has 0 aliphatic carbocycles. The second kappa shape index (κ2) is 8.80. The molecule has 164 valence electrons. The highest BCUT2D eigenvalue weighted by molar-refractivity contribution is 5.94. The Morgan fingerprint density at radius 3 is 2.71 bits per heavy atom. The fourth-order valence-corrected chi connectivity index (χ4v) is 3.19. The Balaban J connectivity index is 1.45. The highest BCUT2D eigenvalue weighted by atomic mass is 19.4. The first-order chi connectivity index (χ1) is 14.9. The number of anilines is 2. The number of hydrogen-bond donors (Lipinski definition) is 1. The maximum absolute atomic E-state index is 13.2. The molecule has 1 amide bonds. The number of carbonyl (C=O) groups is 1. The number of halogens is 3. The predicted octanol–water partition coefficient (Wildman–Crippen LogP) is 3.76. The molecule has 3 aromatic rings. The molecule has 0 atom stereocenters.